The molecule has 25 heavy (non-hydrogen) atoms. The second kappa shape index (κ2) is 6.23. The van der Waals surface area contributed by atoms with Gasteiger partial charge in [-0.2, -0.15) is 9.50 Å². The number of esters is 1. The van der Waals surface area contributed by atoms with Crippen molar-refractivity contribution in [3.8, 4) is 16.5 Å². The molecule has 0 bridgehead atoms. The van der Waals surface area contributed by atoms with Crippen LogP contribution in [0.15, 0.2) is 46.6 Å². The first kappa shape index (κ1) is 15.7. The monoisotopic (exact) mass is 369 g/mol. The molecule has 0 aliphatic carbocycles. The lowest BCUT2D eigenvalue weighted by molar-refractivity contribution is -0.131. The van der Waals surface area contributed by atoms with Crippen LogP contribution >= 0.6 is 22.7 Å². The van der Waals surface area contributed by atoms with Gasteiger partial charge >= 0.3 is 5.97 Å². The van der Waals surface area contributed by atoms with Crippen molar-refractivity contribution in [2.24, 2.45) is 0 Å². The predicted molar refractivity (Wildman–Crippen MR) is 97.0 cm³/mol. The Labute approximate surface area is 149 Å². The number of rotatable bonds is 3. The van der Waals surface area contributed by atoms with Crippen molar-refractivity contribution < 1.29 is 9.53 Å². The lowest BCUT2D eigenvalue weighted by atomic mass is 10.2. The standard InChI is InChI=1S/C17H11N3O3S2/c1-10(21)23-12-6-4-11(5-7-12)9-14-16(22)20-17(25-14)18-15(19-20)13-3-2-8-24-13/h2-9H,1H3. The summed E-state index contributed by atoms with van der Waals surface area (Å²) < 4.78 is 6.87. The molecule has 8 heteroatoms. The van der Waals surface area contributed by atoms with Crippen molar-refractivity contribution in [2.45, 2.75) is 6.92 Å². The van der Waals surface area contributed by atoms with E-state index in [1.54, 1.807) is 30.3 Å². The van der Waals surface area contributed by atoms with Gasteiger partial charge in [-0.1, -0.05) is 29.5 Å². The average molecular weight is 369 g/mol. The van der Waals surface area contributed by atoms with Crippen molar-refractivity contribution >= 4 is 39.7 Å². The molecular formula is C17H11N3O3S2. The number of hydrogen-bond acceptors (Lipinski definition) is 7. The van der Waals surface area contributed by atoms with E-state index in [-0.39, 0.29) is 11.5 Å². The Morgan fingerprint density at radius 3 is 2.68 bits per heavy atom. The van der Waals surface area contributed by atoms with Gasteiger partial charge in [0.1, 0.15) is 5.75 Å². The maximum absolute atomic E-state index is 12.5. The Morgan fingerprint density at radius 1 is 1.24 bits per heavy atom. The van der Waals surface area contributed by atoms with Crippen LogP contribution in [-0.4, -0.2) is 20.6 Å². The molecule has 1 aromatic carbocycles. The summed E-state index contributed by atoms with van der Waals surface area (Å²) in [5.41, 5.74) is 0.635. The van der Waals surface area contributed by atoms with Gasteiger partial charge in [0.2, 0.25) is 4.96 Å². The highest BCUT2D eigenvalue weighted by Crippen LogP contribution is 2.21. The van der Waals surface area contributed by atoms with E-state index >= 15 is 0 Å². The number of nitrogens with zero attached hydrogens (tertiary/aromatic N) is 3. The van der Waals surface area contributed by atoms with Crippen LogP contribution in [0.3, 0.4) is 0 Å². The fraction of sp³-hybridized carbons (Fsp3) is 0.0588. The Hall–Kier alpha value is -2.84. The van der Waals surface area contributed by atoms with Gasteiger partial charge in [0.25, 0.3) is 5.56 Å². The minimum Gasteiger partial charge on any atom is -0.427 e. The zero-order valence-corrected chi connectivity index (χ0v) is 14.6. The number of carbonyl (C=O) groups is 1. The fourth-order valence-electron chi connectivity index (χ4n) is 2.29. The molecule has 0 radical (unpaired) electrons. The molecule has 0 unspecified atom stereocenters. The Bertz CT molecular complexity index is 1160. The summed E-state index contributed by atoms with van der Waals surface area (Å²) in [6, 6.07) is 10.8. The van der Waals surface area contributed by atoms with Gasteiger partial charge in [-0.25, -0.2) is 0 Å². The summed E-state index contributed by atoms with van der Waals surface area (Å²) in [6.07, 6.45) is 1.77. The van der Waals surface area contributed by atoms with Crippen LogP contribution in [0.25, 0.3) is 21.7 Å². The zero-order chi connectivity index (χ0) is 17.4. The summed E-state index contributed by atoms with van der Waals surface area (Å²) in [5.74, 6) is 0.663. The molecule has 6 nitrogen and oxygen atoms in total. The van der Waals surface area contributed by atoms with Gasteiger partial charge in [0, 0.05) is 6.92 Å². The molecule has 3 aromatic heterocycles. The third-order valence-electron chi connectivity index (χ3n) is 3.36. The lowest BCUT2D eigenvalue weighted by Crippen LogP contribution is -2.23. The molecule has 0 aliphatic heterocycles. The van der Waals surface area contributed by atoms with Crippen LogP contribution in [0, 0.1) is 0 Å². The number of ether oxygens (including phenoxy) is 1. The first-order valence-corrected chi connectivity index (χ1v) is 9.03. The minimum atomic E-state index is -0.370. The third-order valence-corrected chi connectivity index (χ3v) is 5.19. The summed E-state index contributed by atoms with van der Waals surface area (Å²) in [6.45, 7) is 1.35. The van der Waals surface area contributed by atoms with Crippen LogP contribution < -0.4 is 14.8 Å². The van der Waals surface area contributed by atoms with E-state index < -0.39 is 0 Å². The van der Waals surface area contributed by atoms with Crippen molar-refractivity contribution in [2.75, 3.05) is 0 Å². The number of thiophene rings is 1. The summed E-state index contributed by atoms with van der Waals surface area (Å²) >= 11 is 2.83. The molecule has 124 valence electrons. The first-order valence-electron chi connectivity index (χ1n) is 7.34. The second-order valence-electron chi connectivity index (χ2n) is 5.19. The number of benzene rings is 1. The quantitative estimate of drug-likeness (QED) is 0.409. The Balaban J connectivity index is 1.70. The number of hydrogen-bond donors (Lipinski definition) is 0. The highest BCUT2D eigenvalue weighted by Gasteiger charge is 2.12. The minimum absolute atomic E-state index is 0.195. The maximum Gasteiger partial charge on any atom is 0.308 e. The molecule has 4 aromatic rings. The highest BCUT2D eigenvalue weighted by molar-refractivity contribution is 7.15. The fourth-order valence-corrected chi connectivity index (χ4v) is 3.85. The van der Waals surface area contributed by atoms with Crippen molar-refractivity contribution in [1.82, 2.24) is 14.6 Å². The highest BCUT2D eigenvalue weighted by atomic mass is 32.1. The molecule has 3 heterocycles. The summed E-state index contributed by atoms with van der Waals surface area (Å²) in [5, 5.41) is 6.25. The van der Waals surface area contributed by atoms with Gasteiger partial charge in [-0.3, -0.25) is 9.59 Å². The molecule has 0 amide bonds. The van der Waals surface area contributed by atoms with E-state index in [4.69, 9.17) is 4.74 Å². The molecular weight excluding hydrogens is 358 g/mol. The molecule has 0 saturated carbocycles. The molecule has 0 atom stereocenters. The van der Waals surface area contributed by atoms with E-state index in [2.05, 4.69) is 10.1 Å². The van der Waals surface area contributed by atoms with E-state index in [0.717, 1.165) is 10.4 Å². The van der Waals surface area contributed by atoms with Gasteiger partial charge in [-0.05, 0) is 35.2 Å². The number of aromatic nitrogens is 3. The van der Waals surface area contributed by atoms with Crippen LogP contribution in [0.5, 0.6) is 5.75 Å². The van der Waals surface area contributed by atoms with E-state index in [0.29, 0.717) is 21.1 Å². The number of carbonyl (C=O) groups excluding carboxylic acids is 1. The summed E-state index contributed by atoms with van der Waals surface area (Å²) in [7, 11) is 0. The largest absolute Gasteiger partial charge is 0.427 e. The number of thiazole rings is 1. The maximum atomic E-state index is 12.5. The van der Waals surface area contributed by atoms with Gasteiger partial charge in [0.15, 0.2) is 5.82 Å². The van der Waals surface area contributed by atoms with Crippen LogP contribution in [0.4, 0.5) is 0 Å². The topological polar surface area (TPSA) is 73.6 Å². The molecule has 0 spiro atoms. The van der Waals surface area contributed by atoms with Gasteiger partial charge < -0.3 is 4.74 Å². The molecule has 0 fully saturated rings. The first-order chi connectivity index (χ1) is 12.1. The smallest absolute Gasteiger partial charge is 0.308 e. The number of fused-ring (bicyclic) bond motifs is 1. The van der Waals surface area contributed by atoms with Gasteiger partial charge in [-0.15, -0.1) is 16.4 Å². The third kappa shape index (κ3) is 3.09. The van der Waals surface area contributed by atoms with Crippen molar-refractivity contribution in [3.05, 3.63) is 62.2 Å². The molecule has 0 N–H and O–H groups in total. The van der Waals surface area contributed by atoms with Crippen LogP contribution in [-0.2, 0) is 4.79 Å². The van der Waals surface area contributed by atoms with Gasteiger partial charge in [0.05, 0.1) is 9.41 Å². The zero-order valence-electron chi connectivity index (χ0n) is 13.0. The average Bonchev–Trinajstić information content (AvgIpc) is 3.28. The normalized spacial score (nSPS) is 12.0. The van der Waals surface area contributed by atoms with E-state index in [9.17, 15) is 9.59 Å². The predicted octanol–water partition coefficient (Wildman–Crippen LogP) is 2.35. The second-order valence-corrected chi connectivity index (χ2v) is 7.14. The van der Waals surface area contributed by atoms with Crippen LogP contribution in [0.2, 0.25) is 0 Å². The Morgan fingerprint density at radius 2 is 2.04 bits per heavy atom. The van der Waals surface area contributed by atoms with Crippen LogP contribution in [0.1, 0.15) is 12.5 Å². The molecule has 0 aliphatic rings. The molecule has 0 saturated heterocycles. The van der Waals surface area contributed by atoms with E-state index in [1.807, 2.05) is 17.5 Å². The Kier molecular flexibility index (Phi) is 3.90. The van der Waals surface area contributed by atoms with E-state index in [1.165, 1.54) is 34.1 Å². The summed E-state index contributed by atoms with van der Waals surface area (Å²) in [4.78, 5) is 29.4. The molecule has 4 rings (SSSR count). The van der Waals surface area contributed by atoms with Crippen molar-refractivity contribution in [3.63, 3.8) is 0 Å². The van der Waals surface area contributed by atoms with Crippen molar-refractivity contribution in [1.29, 1.82) is 0 Å². The SMILES string of the molecule is CC(=O)Oc1ccc(C=c2sc3nc(-c4cccs4)nn3c2=O)cc1. The lowest BCUT2D eigenvalue weighted by Gasteiger charge is -2.00.